The lowest BCUT2D eigenvalue weighted by Crippen LogP contribution is -2.41. The van der Waals surface area contributed by atoms with E-state index in [0.717, 1.165) is 47.5 Å². The first-order chi connectivity index (χ1) is 15.3. The molecule has 0 radical (unpaired) electrons. The molecule has 0 spiro atoms. The van der Waals surface area contributed by atoms with E-state index in [0.29, 0.717) is 27.7 Å². The highest BCUT2D eigenvalue weighted by Gasteiger charge is 2.34. The number of fused-ring (bicyclic) bond motifs is 1. The molecule has 0 bridgehead atoms. The summed E-state index contributed by atoms with van der Waals surface area (Å²) in [5, 5.41) is 3.52. The molecule has 32 heavy (non-hydrogen) atoms. The second-order valence-electron chi connectivity index (χ2n) is 7.86. The molecule has 1 N–H and O–H groups in total. The van der Waals surface area contributed by atoms with Gasteiger partial charge in [-0.25, -0.2) is 13.2 Å². The number of nitrogens with zero attached hydrogens (tertiary/aromatic N) is 1. The van der Waals surface area contributed by atoms with Crippen LogP contribution in [0.4, 0.5) is 5.00 Å². The van der Waals surface area contributed by atoms with Crippen molar-refractivity contribution in [1.29, 1.82) is 0 Å². The molecule has 2 aromatic rings. The number of hydrogen-bond acceptors (Lipinski definition) is 7. The van der Waals surface area contributed by atoms with E-state index in [9.17, 15) is 18.0 Å². The molecule has 3 heterocycles. The molecule has 0 unspecified atom stereocenters. The maximum Gasteiger partial charge on any atom is 0.341 e. The third-order valence-corrected chi connectivity index (χ3v) is 10.7. The van der Waals surface area contributed by atoms with Crippen LogP contribution in [0.3, 0.4) is 0 Å². The number of piperidine rings is 1. The second-order valence-corrected chi connectivity index (χ2v) is 12.8. The van der Waals surface area contributed by atoms with Crippen LogP contribution in [0, 0.1) is 5.92 Å². The number of nitrogens with one attached hydrogen (secondary N) is 1. The topological polar surface area (TPSA) is 92.8 Å². The summed E-state index contributed by atoms with van der Waals surface area (Å²) in [7, 11) is -3.60. The number of sulfonamides is 1. The van der Waals surface area contributed by atoms with Crippen LogP contribution in [0.5, 0.6) is 0 Å². The third kappa shape index (κ3) is 4.75. The van der Waals surface area contributed by atoms with Gasteiger partial charge in [-0.05, 0) is 63.1 Å². The van der Waals surface area contributed by atoms with Gasteiger partial charge in [0.2, 0.25) is 5.91 Å². The highest BCUT2D eigenvalue weighted by Crippen LogP contribution is 2.39. The number of carbonyl (C=O) groups excluding carboxylic acids is 2. The minimum atomic E-state index is -3.60. The van der Waals surface area contributed by atoms with Crippen molar-refractivity contribution in [3.05, 3.63) is 32.5 Å². The van der Waals surface area contributed by atoms with Crippen LogP contribution in [0.1, 0.15) is 53.4 Å². The molecule has 1 fully saturated rings. The Labute approximate surface area is 200 Å². The van der Waals surface area contributed by atoms with Gasteiger partial charge >= 0.3 is 5.97 Å². The van der Waals surface area contributed by atoms with Crippen LogP contribution in [-0.4, -0.2) is 44.3 Å². The average Bonchev–Trinajstić information content (AvgIpc) is 3.37. The summed E-state index contributed by atoms with van der Waals surface area (Å²) in [5.41, 5.74) is 1.50. The van der Waals surface area contributed by atoms with Gasteiger partial charge in [0.05, 0.1) is 16.5 Å². The smallest absolute Gasteiger partial charge is 0.341 e. The molecule has 7 nitrogen and oxygen atoms in total. The molecule has 2 aliphatic rings. The Morgan fingerprint density at radius 3 is 2.56 bits per heavy atom. The van der Waals surface area contributed by atoms with Crippen molar-refractivity contribution in [3.8, 4) is 0 Å². The van der Waals surface area contributed by atoms with Crippen molar-refractivity contribution in [2.75, 3.05) is 25.0 Å². The van der Waals surface area contributed by atoms with Crippen molar-refractivity contribution < 1.29 is 22.7 Å². The standard InChI is InChI=1S/C21H25ClN2O5S3/c1-2-29-21(26)18-14-5-3-4-6-15(14)30-20(18)23-19(25)13-9-11-24(12-10-13)32(27,28)17-8-7-16(22)31-17/h7-8,13H,2-6,9-12H2,1H3,(H,23,25). The number of ether oxygens (including phenoxy) is 1. The van der Waals surface area contributed by atoms with Gasteiger partial charge in [-0.15, -0.1) is 22.7 Å². The number of carbonyl (C=O) groups is 2. The highest BCUT2D eigenvalue weighted by atomic mass is 35.5. The normalized spacial score (nSPS) is 17.7. The largest absolute Gasteiger partial charge is 0.462 e. The predicted octanol–water partition coefficient (Wildman–Crippen LogP) is 4.56. The molecular formula is C21H25ClN2O5S3. The number of rotatable bonds is 6. The first kappa shape index (κ1) is 23.7. The summed E-state index contributed by atoms with van der Waals surface area (Å²) >= 11 is 8.39. The van der Waals surface area contributed by atoms with E-state index in [1.807, 2.05) is 0 Å². The van der Waals surface area contributed by atoms with Crippen LogP contribution in [0.25, 0.3) is 0 Å². The van der Waals surface area contributed by atoms with Gasteiger partial charge in [0, 0.05) is 23.9 Å². The van der Waals surface area contributed by atoms with Gasteiger partial charge in [0.15, 0.2) is 0 Å². The lowest BCUT2D eigenvalue weighted by molar-refractivity contribution is -0.120. The second kappa shape index (κ2) is 9.80. The number of thiophene rings is 2. The molecule has 0 aromatic carbocycles. The number of esters is 1. The van der Waals surface area contributed by atoms with E-state index in [1.54, 1.807) is 13.0 Å². The van der Waals surface area contributed by atoms with Crippen LogP contribution in [0.15, 0.2) is 16.3 Å². The minimum Gasteiger partial charge on any atom is -0.462 e. The highest BCUT2D eigenvalue weighted by molar-refractivity contribution is 7.91. The Balaban J connectivity index is 1.44. The zero-order valence-electron chi connectivity index (χ0n) is 17.7. The third-order valence-electron chi connectivity index (χ3n) is 5.86. The van der Waals surface area contributed by atoms with Crippen molar-refractivity contribution in [1.82, 2.24) is 4.31 Å². The summed E-state index contributed by atoms with van der Waals surface area (Å²) in [6.45, 7) is 2.57. The summed E-state index contributed by atoms with van der Waals surface area (Å²) in [6.07, 6.45) is 4.66. The molecule has 174 valence electrons. The first-order valence-corrected chi connectivity index (χ1v) is 14.1. The Hall–Kier alpha value is -1.46. The van der Waals surface area contributed by atoms with Crippen LogP contribution < -0.4 is 5.32 Å². The van der Waals surface area contributed by atoms with Gasteiger partial charge in [-0.3, -0.25) is 4.79 Å². The number of halogens is 1. The monoisotopic (exact) mass is 516 g/mol. The average molecular weight is 517 g/mol. The molecule has 1 aliphatic heterocycles. The van der Waals surface area contributed by atoms with Gasteiger partial charge in [0.25, 0.3) is 10.0 Å². The van der Waals surface area contributed by atoms with Crippen molar-refractivity contribution in [2.24, 2.45) is 5.92 Å². The number of aryl methyl sites for hydroxylation is 1. The van der Waals surface area contributed by atoms with E-state index in [4.69, 9.17) is 16.3 Å². The fourth-order valence-electron chi connectivity index (χ4n) is 4.21. The Bertz CT molecular complexity index is 1120. The van der Waals surface area contributed by atoms with Gasteiger partial charge in [-0.2, -0.15) is 4.31 Å². The SMILES string of the molecule is CCOC(=O)c1c(NC(=O)C2CCN(S(=O)(=O)c3ccc(Cl)s3)CC2)sc2c1CCCC2. The van der Waals surface area contributed by atoms with Crippen molar-refractivity contribution >= 4 is 61.2 Å². The summed E-state index contributed by atoms with van der Waals surface area (Å²) in [5.74, 6) is -0.884. The lowest BCUT2D eigenvalue weighted by atomic mass is 9.95. The fourth-order valence-corrected chi connectivity index (χ4v) is 8.60. The first-order valence-electron chi connectivity index (χ1n) is 10.7. The molecule has 1 saturated heterocycles. The molecular weight excluding hydrogens is 492 g/mol. The van der Waals surface area contributed by atoms with Crippen LogP contribution in [0.2, 0.25) is 4.34 Å². The van der Waals surface area contributed by atoms with Crippen molar-refractivity contribution in [3.63, 3.8) is 0 Å². The molecule has 11 heteroatoms. The summed E-state index contributed by atoms with van der Waals surface area (Å²) in [4.78, 5) is 26.7. The molecule has 1 amide bonds. The molecule has 1 aliphatic carbocycles. The van der Waals surface area contributed by atoms with Gasteiger partial charge in [-0.1, -0.05) is 11.6 Å². The van der Waals surface area contributed by atoms with Crippen LogP contribution >= 0.6 is 34.3 Å². The van der Waals surface area contributed by atoms with Gasteiger partial charge < -0.3 is 10.1 Å². The Kier molecular flexibility index (Phi) is 7.26. The predicted molar refractivity (Wildman–Crippen MR) is 126 cm³/mol. The maximum absolute atomic E-state index is 13.0. The summed E-state index contributed by atoms with van der Waals surface area (Å²) < 4.78 is 32.9. The number of hydrogen-bond donors (Lipinski definition) is 1. The van der Waals surface area contributed by atoms with E-state index < -0.39 is 16.0 Å². The van der Waals surface area contributed by atoms with E-state index in [1.165, 1.54) is 21.7 Å². The van der Waals surface area contributed by atoms with Crippen LogP contribution in [-0.2, 0) is 32.4 Å². The Morgan fingerprint density at radius 2 is 1.91 bits per heavy atom. The zero-order valence-corrected chi connectivity index (χ0v) is 20.9. The minimum absolute atomic E-state index is 0.176. The molecule has 4 rings (SSSR count). The lowest BCUT2D eigenvalue weighted by Gasteiger charge is -2.30. The number of amides is 1. The van der Waals surface area contributed by atoms with Gasteiger partial charge in [0.1, 0.15) is 9.21 Å². The molecule has 2 aromatic heterocycles. The number of anilines is 1. The maximum atomic E-state index is 13.0. The summed E-state index contributed by atoms with van der Waals surface area (Å²) in [6, 6.07) is 3.08. The van der Waals surface area contributed by atoms with E-state index in [2.05, 4.69) is 5.32 Å². The van der Waals surface area contributed by atoms with E-state index >= 15 is 0 Å². The Morgan fingerprint density at radius 1 is 1.19 bits per heavy atom. The molecule has 0 saturated carbocycles. The van der Waals surface area contributed by atoms with E-state index in [-0.39, 0.29) is 35.7 Å². The molecule has 0 atom stereocenters. The zero-order chi connectivity index (χ0) is 22.9. The quantitative estimate of drug-likeness (QED) is 0.568. The van der Waals surface area contributed by atoms with Crippen molar-refractivity contribution in [2.45, 2.75) is 49.7 Å². The fraction of sp³-hybridized carbons (Fsp3) is 0.524.